The smallest absolute Gasteiger partial charge is 0.320 e. The minimum Gasteiger partial charge on any atom is -0.497 e. The molecule has 0 amide bonds. The van der Waals surface area contributed by atoms with Crippen LogP contribution in [-0.2, 0) is 14.3 Å². The Bertz CT molecular complexity index is 1140. The average molecular weight is 541 g/mol. The van der Waals surface area contributed by atoms with Crippen LogP contribution < -0.4 is 14.2 Å². The third kappa shape index (κ3) is 7.02. The van der Waals surface area contributed by atoms with Crippen molar-refractivity contribution in [2.45, 2.75) is 51.7 Å². The lowest BCUT2D eigenvalue weighted by Crippen LogP contribution is -2.40. The van der Waals surface area contributed by atoms with Crippen molar-refractivity contribution in [2.75, 3.05) is 46.6 Å². The third-order valence-corrected chi connectivity index (χ3v) is 7.18. The molecule has 1 saturated heterocycles. The van der Waals surface area contributed by atoms with Gasteiger partial charge < -0.3 is 24.1 Å². The normalized spacial score (nSPS) is 20.8. The predicted octanol–water partition coefficient (Wildman–Crippen LogP) is 4.32. The molecule has 212 valence electrons. The molecular weight excluding hydrogens is 500 g/mol. The van der Waals surface area contributed by atoms with Gasteiger partial charge in [-0.1, -0.05) is 25.1 Å². The third-order valence-electron chi connectivity index (χ3n) is 7.18. The maximum atomic E-state index is 12.8. The molecule has 2 aliphatic heterocycles. The molecule has 2 heterocycles. The summed E-state index contributed by atoms with van der Waals surface area (Å²) in [5, 5.41) is 10.5. The summed E-state index contributed by atoms with van der Waals surface area (Å²) in [7, 11) is 1.61. The number of ether oxygens (including phenoxy) is 4. The van der Waals surface area contributed by atoms with Crippen molar-refractivity contribution in [3.05, 3.63) is 53.6 Å². The number of hydrogen-bond acceptors (Lipinski definition) is 8. The van der Waals surface area contributed by atoms with Crippen LogP contribution in [0.4, 0.5) is 0 Å². The first-order valence-corrected chi connectivity index (χ1v) is 13.5. The quantitative estimate of drug-likeness (QED) is 0.418. The summed E-state index contributed by atoms with van der Waals surface area (Å²) in [6, 6.07) is 13.0. The largest absolute Gasteiger partial charge is 0.497 e. The zero-order valence-electron chi connectivity index (χ0n) is 23.5. The fourth-order valence-electron chi connectivity index (χ4n) is 5.55. The van der Waals surface area contributed by atoms with Gasteiger partial charge in [-0.25, -0.2) is 0 Å². The molecule has 0 spiro atoms. The highest BCUT2D eigenvalue weighted by Crippen LogP contribution is 2.47. The molecule has 0 aromatic heterocycles. The lowest BCUT2D eigenvalue weighted by Gasteiger charge is -2.30. The van der Waals surface area contributed by atoms with E-state index in [2.05, 4.69) is 16.7 Å². The van der Waals surface area contributed by atoms with E-state index in [0.717, 1.165) is 24.1 Å². The second kappa shape index (κ2) is 12.3. The maximum absolute atomic E-state index is 12.8. The summed E-state index contributed by atoms with van der Waals surface area (Å²) in [4.78, 5) is 29.7. The Kier molecular flexibility index (Phi) is 9.02. The number of rotatable bonds is 11. The molecule has 2 aromatic rings. The summed E-state index contributed by atoms with van der Waals surface area (Å²) in [6.45, 7) is 10.5. The molecule has 1 N–H and O–H groups in total. The molecule has 0 radical (unpaired) electrons. The molecule has 1 fully saturated rings. The van der Waals surface area contributed by atoms with E-state index in [1.807, 2.05) is 63.2 Å². The number of esters is 1. The van der Waals surface area contributed by atoms with Crippen molar-refractivity contribution in [3.8, 4) is 17.2 Å². The van der Waals surface area contributed by atoms with Crippen LogP contribution in [0.3, 0.4) is 0 Å². The number of methoxy groups -OCH3 is 1. The zero-order valence-corrected chi connectivity index (χ0v) is 23.5. The lowest BCUT2D eigenvalue weighted by molar-refractivity contribution is -0.156. The first kappa shape index (κ1) is 28.7. The van der Waals surface area contributed by atoms with Gasteiger partial charge in [0.2, 0.25) is 6.79 Å². The van der Waals surface area contributed by atoms with Crippen LogP contribution >= 0.6 is 0 Å². The lowest BCUT2D eigenvalue weighted by atomic mass is 9.82. The van der Waals surface area contributed by atoms with E-state index >= 15 is 0 Å². The van der Waals surface area contributed by atoms with E-state index in [1.165, 1.54) is 0 Å². The number of benzene rings is 2. The van der Waals surface area contributed by atoms with Crippen molar-refractivity contribution < 1.29 is 33.6 Å². The van der Waals surface area contributed by atoms with E-state index in [-0.39, 0.29) is 31.3 Å². The fraction of sp³-hybridized carbons (Fsp3) is 0.533. The predicted molar refractivity (Wildman–Crippen MR) is 146 cm³/mol. The van der Waals surface area contributed by atoms with Crippen LogP contribution in [0.5, 0.6) is 17.2 Å². The molecule has 9 nitrogen and oxygen atoms in total. The highest BCUT2D eigenvalue weighted by atomic mass is 16.7. The summed E-state index contributed by atoms with van der Waals surface area (Å²) < 4.78 is 21.9. The van der Waals surface area contributed by atoms with Gasteiger partial charge in [0.15, 0.2) is 11.5 Å². The van der Waals surface area contributed by atoms with E-state index in [0.29, 0.717) is 36.9 Å². The Balaban J connectivity index is 1.60. The van der Waals surface area contributed by atoms with E-state index in [4.69, 9.17) is 18.9 Å². The first-order valence-electron chi connectivity index (χ1n) is 13.5. The molecule has 3 unspecified atom stereocenters. The van der Waals surface area contributed by atoms with Gasteiger partial charge in [0, 0.05) is 31.6 Å². The number of carbonyl (C=O) groups is 2. The number of hydrogen-bond donors (Lipinski definition) is 1. The van der Waals surface area contributed by atoms with E-state index < -0.39 is 17.5 Å². The number of likely N-dealkylation sites (tertiary alicyclic amines) is 1. The number of carboxylic acid groups (broad SMARTS) is 1. The Morgan fingerprint density at radius 2 is 1.74 bits per heavy atom. The van der Waals surface area contributed by atoms with Gasteiger partial charge >= 0.3 is 11.9 Å². The van der Waals surface area contributed by atoms with E-state index in [1.54, 1.807) is 7.11 Å². The topological polar surface area (TPSA) is 97.8 Å². The van der Waals surface area contributed by atoms with Crippen LogP contribution in [0.2, 0.25) is 0 Å². The molecule has 9 heteroatoms. The van der Waals surface area contributed by atoms with Crippen molar-refractivity contribution in [2.24, 2.45) is 5.92 Å². The van der Waals surface area contributed by atoms with Gasteiger partial charge in [0.1, 0.15) is 11.4 Å². The highest BCUT2D eigenvalue weighted by Gasteiger charge is 2.47. The second-order valence-electron chi connectivity index (χ2n) is 11.2. The Morgan fingerprint density at radius 3 is 2.38 bits per heavy atom. The Hall–Kier alpha value is -3.30. The van der Waals surface area contributed by atoms with E-state index in [9.17, 15) is 14.7 Å². The standard InChI is InChI=1S/C30H40N2O7/c1-6-13-31(18-26(33)39-30(2,3)4)14-15-32-17-23(21-9-12-24-25(16-21)38-19-37-24)27(29(34)35)28(32)20-7-10-22(36-5)11-8-20/h7-12,16,23,27-28H,6,13-15,17-19H2,1-5H3,(H,34,35). The molecule has 2 aliphatic rings. The van der Waals surface area contributed by atoms with Crippen molar-refractivity contribution in [1.29, 1.82) is 0 Å². The summed E-state index contributed by atoms with van der Waals surface area (Å²) in [5.41, 5.74) is 1.28. The minimum atomic E-state index is -0.847. The van der Waals surface area contributed by atoms with Crippen molar-refractivity contribution in [3.63, 3.8) is 0 Å². The minimum absolute atomic E-state index is 0.164. The number of fused-ring (bicyclic) bond motifs is 1. The number of nitrogens with zero attached hydrogens (tertiary/aromatic N) is 2. The van der Waals surface area contributed by atoms with Gasteiger partial charge in [-0.05, 0) is 69.1 Å². The SMILES string of the molecule is CCCN(CCN1CC(c2ccc3c(c2)OCO3)C(C(=O)O)C1c1ccc(OC)cc1)CC(=O)OC(C)(C)C. The first-order chi connectivity index (χ1) is 18.6. The Morgan fingerprint density at radius 1 is 1.05 bits per heavy atom. The summed E-state index contributed by atoms with van der Waals surface area (Å²) in [6.07, 6.45) is 0.891. The second-order valence-corrected chi connectivity index (χ2v) is 11.2. The maximum Gasteiger partial charge on any atom is 0.320 e. The fourth-order valence-corrected chi connectivity index (χ4v) is 5.55. The van der Waals surface area contributed by atoms with Gasteiger partial charge in [0.25, 0.3) is 0 Å². The number of carbonyl (C=O) groups excluding carboxylic acids is 1. The van der Waals surface area contributed by atoms with Gasteiger partial charge in [0.05, 0.1) is 19.6 Å². The number of carboxylic acids is 1. The molecule has 2 aromatic carbocycles. The molecule has 3 atom stereocenters. The monoisotopic (exact) mass is 540 g/mol. The summed E-state index contributed by atoms with van der Waals surface area (Å²) >= 11 is 0. The van der Waals surface area contributed by atoms with Gasteiger partial charge in [-0.15, -0.1) is 0 Å². The van der Waals surface area contributed by atoms with Crippen LogP contribution in [0.15, 0.2) is 42.5 Å². The van der Waals surface area contributed by atoms with Crippen LogP contribution in [0.1, 0.15) is 57.2 Å². The van der Waals surface area contributed by atoms with Crippen LogP contribution in [0.25, 0.3) is 0 Å². The molecule has 0 bridgehead atoms. The average Bonchev–Trinajstić information content (AvgIpc) is 3.50. The zero-order chi connectivity index (χ0) is 28.2. The van der Waals surface area contributed by atoms with Crippen molar-refractivity contribution >= 4 is 11.9 Å². The Labute approximate surface area is 230 Å². The molecule has 4 rings (SSSR count). The van der Waals surface area contributed by atoms with Crippen molar-refractivity contribution in [1.82, 2.24) is 9.80 Å². The molecule has 0 aliphatic carbocycles. The van der Waals surface area contributed by atoms with Gasteiger partial charge in [-0.3, -0.25) is 19.4 Å². The van der Waals surface area contributed by atoms with Crippen LogP contribution in [-0.4, -0.2) is 79.1 Å². The number of aliphatic carboxylic acids is 1. The highest BCUT2D eigenvalue weighted by molar-refractivity contribution is 5.74. The molecule has 0 saturated carbocycles. The summed E-state index contributed by atoms with van der Waals surface area (Å²) in [5.74, 6) is -0.00853. The molecule has 39 heavy (non-hydrogen) atoms. The van der Waals surface area contributed by atoms with Crippen LogP contribution in [0, 0.1) is 5.92 Å². The molecular formula is C30H40N2O7. The van der Waals surface area contributed by atoms with Gasteiger partial charge in [-0.2, -0.15) is 0 Å².